The molecule has 0 atom stereocenters. The Morgan fingerprint density at radius 1 is 1.27 bits per heavy atom. The van der Waals surface area contributed by atoms with E-state index in [-0.39, 0.29) is 0 Å². The highest BCUT2D eigenvalue weighted by Gasteiger charge is 2.32. The Labute approximate surface area is 96.9 Å². The molecule has 1 aliphatic rings. The van der Waals surface area contributed by atoms with Crippen LogP contribution in [0, 0.1) is 0 Å². The van der Waals surface area contributed by atoms with Crippen LogP contribution in [0.2, 0.25) is 0 Å². The van der Waals surface area contributed by atoms with Gasteiger partial charge in [0, 0.05) is 16.8 Å². The van der Waals surface area contributed by atoms with Gasteiger partial charge in [0.15, 0.2) is 0 Å². The highest BCUT2D eigenvalue weighted by Crippen LogP contribution is 2.39. The van der Waals surface area contributed by atoms with E-state index in [4.69, 9.17) is 0 Å². The van der Waals surface area contributed by atoms with Gasteiger partial charge in [-0.25, -0.2) is 0 Å². The van der Waals surface area contributed by atoms with E-state index < -0.39 is 0 Å². The minimum absolute atomic E-state index is 0.444. The molecule has 0 amide bonds. The Morgan fingerprint density at radius 3 is 2.53 bits per heavy atom. The molecule has 1 fully saturated rings. The number of thiophene rings is 1. The lowest BCUT2D eigenvalue weighted by molar-refractivity contribution is 0.364. The summed E-state index contributed by atoms with van der Waals surface area (Å²) in [5, 5.41) is 5.62. The summed E-state index contributed by atoms with van der Waals surface area (Å²) in [4.78, 5) is 1.60. The Balaban J connectivity index is 2.21. The van der Waals surface area contributed by atoms with Gasteiger partial charge in [0.2, 0.25) is 0 Å². The summed E-state index contributed by atoms with van der Waals surface area (Å²) in [5.74, 6) is 0. The quantitative estimate of drug-likeness (QED) is 0.773. The summed E-state index contributed by atoms with van der Waals surface area (Å²) in [7, 11) is 2.08. The zero-order valence-electron chi connectivity index (χ0n) is 9.59. The topological polar surface area (TPSA) is 12.0 Å². The Bertz CT molecular complexity index is 271. The molecule has 1 aliphatic carbocycles. The fourth-order valence-corrected chi connectivity index (χ4v) is 3.82. The van der Waals surface area contributed by atoms with Crippen molar-refractivity contribution in [2.24, 2.45) is 0 Å². The van der Waals surface area contributed by atoms with Crippen molar-refractivity contribution in [2.45, 2.75) is 43.9 Å². The van der Waals surface area contributed by atoms with Crippen LogP contribution in [0.1, 0.15) is 43.4 Å². The van der Waals surface area contributed by atoms with Crippen LogP contribution in [0.5, 0.6) is 0 Å². The normalized spacial score (nSPS) is 21.1. The summed E-state index contributed by atoms with van der Waals surface area (Å²) in [6.45, 7) is 1.15. The zero-order valence-corrected chi connectivity index (χ0v) is 10.4. The summed E-state index contributed by atoms with van der Waals surface area (Å²) < 4.78 is 0. The van der Waals surface area contributed by atoms with Crippen LogP contribution in [0.15, 0.2) is 17.5 Å². The van der Waals surface area contributed by atoms with E-state index in [1.165, 1.54) is 38.5 Å². The maximum atomic E-state index is 3.40. The Hall–Kier alpha value is -0.340. The number of rotatable bonds is 3. The van der Waals surface area contributed by atoms with Crippen LogP contribution < -0.4 is 5.32 Å². The molecule has 1 aromatic heterocycles. The minimum atomic E-state index is 0.444. The van der Waals surface area contributed by atoms with Crippen molar-refractivity contribution in [3.05, 3.63) is 22.4 Å². The lowest BCUT2D eigenvalue weighted by Crippen LogP contribution is -2.35. The molecule has 0 spiro atoms. The molecule has 15 heavy (non-hydrogen) atoms. The number of nitrogens with one attached hydrogen (secondary N) is 1. The van der Waals surface area contributed by atoms with Gasteiger partial charge in [0.05, 0.1) is 0 Å². The van der Waals surface area contributed by atoms with Crippen molar-refractivity contribution in [3.63, 3.8) is 0 Å². The van der Waals surface area contributed by atoms with Gasteiger partial charge < -0.3 is 5.32 Å². The smallest absolute Gasteiger partial charge is 0.0171 e. The molecule has 0 bridgehead atoms. The summed E-state index contributed by atoms with van der Waals surface area (Å²) in [5.41, 5.74) is 0.444. The molecular formula is C13H21NS. The van der Waals surface area contributed by atoms with E-state index in [9.17, 15) is 0 Å². The van der Waals surface area contributed by atoms with Crippen LogP contribution in [0.4, 0.5) is 0 Å². The van der Waals surface area contributed by atoms with Gasteiger partial charge in [0.1, 0.15) is 0 Å². The average Bonchev–Trinajstić information content (AvgIpc) is 2.68. The van der Waals surface area contributed by atoms with E-state index in [0.717, 1.165) is 6.54 Å². The third kappa shape index (κ3) is 2.43. The van der Waals surface area contributed by atoms with Gasteiger partial charge in [-0.2, -0.15) is 0 Å². The lowest BCUT2D eigenvalue weighted by Gasteiger charge is -2.31. The second kappa shape index (κ2) is 5.13. The van der Waals surface area contributed by atoms with Crippen molar-refractivity contribution >= 4 is 11.3 Å². The largest absolute Gasteiger partial charge is 0.319 e. The Kier molecular flexibility index (Phi) is 3.81. The van der Waals surface area contributed by atoms with Crippen molar-refractivity contribution in [1.29, 1.82) is 0 Å². The van der Waals surface area contributed by atoms with Crippen LogP contribution in [-0.2, 0) is 5.41 Å². The van der Waals surface area contributed by atoms with Crippen molar-refractivity contribution in [2.75, 3.05) is 13.6 Å². The molecule has 0 aromatic carbocycles. The van der Waals surface area contributed by atoms with Crippen molar-refractivity contribution in [3.8, 4) is 0 Å². The first kappa shape index (κ1) is 11.2. The molecule has 2 rings (SSSR count). The highest BCUT2D eigenvalue weighted by molar-refractivity contribution is 7.10. The van der Waals surface area contributed by atoms with Crippen molar-refractivity contribution < 1.29 is 0 Å². The van der Waals surface area contributed by atoms with Crippen LogP contribution >= 0.6 is 11.3 Å². The fourth-order valence-electron chi connectivity index (χ4n) is 2.83. The van der Waals surface area contributed by atoms with E-state index in [1.807, 2.05) is 11.3 Å². The van der Waals surface area contributed by atoms with Crippen LogP contribution in [-0.4, -0.2) is 13.6 Å². The van der Waals surface area contributed by atoms with E-state index in [1.54, 1.807) is 4.88 Å². The molecule has 1 nitrogen and oxygen atoms in total. The predicted octanol–water partition coefficient (Wildman–Crippen LogP) is 3.56. The van der Waals surface area contributed by atoms with Gasteiger partial charge in [-0.15, -0.1) is 11.3 Å². The zero-order chi connectivity index (χ0) is 10.6. The fraction of sp³-hybridized carbons (Fsp3) is 0.692. The third-order valence-corrected chi connectivity index (χ3v) is 4.74. The van der Waals surface area contributed by atoms with Gasteiger partial charge in [-0.1, -0.05) is 31.7 Å². The molecule has 0 saturated heterocycles. The maximum Gasteiger partial charge on any atom is 0.0171 e. The third-order valence-electron chi connectivity index (χ3n) is 3.62. The first-order valence-electron chi connectivity index (χ1n) is 6.06. The second-order valence-electron chi connectivity index (χ2n) is 4.70. The molecule has 84 valence electrons. The van der Waals surface area contributed by atoms with Crippen LogP contribution in [0.3, 0.4) is 0 Å². The monoisotopic (exact) mass is 223 g/mol. The molecule has 0 radical (unpaired) electrons. The van der Waals surface area contributed by atoms with E-state index in [2.05, 4.69) is 29.9 Å². The van der Waals surface area contributed by atoms with Gasteiger partial charge in [-0.05, 0) is 31.3 Å². The second-order valence-corrected chi connectivity index (χ2v) is 5.65. The summed E-state index contributed by atoms with van der Waals surface area (Å²) in [6, 6.07) is 4.52. The standard InChI is InChI=1S/C13H21NS/c1-14-11-13(12-7-6-10-15-12)8-4-2-3-5-9-13/h6-7,10,14H,2-5,8-9,11H2,1H3. The van der Waals surface area contributed by atoms with Crippen LogP contribution in [0.25, 0.3) is 0 Å². The number of hydrogen-bond acceptors (Lipinski definition) is 2. The predicted molar refractivity (Wildman–Crippen MR) is 67.6 cm³/mol. The van der Waals surface area contributed by atoms with Gasteiger partial charge in [-0.3, -0.25) is 0 Å². The van der Waals surface area contributed by atoms with E-state index in [0.29, 0.717) is 5.41 Å². The molecule has 1 aromatic rings. The molecule has 0 unspecified atom stereocenters. The molecule has 1 saturated carbocycles. The minimum Gasteiger partial charge on any atom is -0.319 e. The Morgan fingerprint density at radius 2 is 2.00 bits per heavy atom. The summed E-state index contributed by atoms with van der Waals surface area (Å²) in [6.07, 6.45) is 8.40. The van der Waals surface area contributed by atoms with E-state index >= 15 is 0 Å². The number of likely N-dealkylation sites (N-methyl/N-ethyl adjacent to an activating group) is 1. The first-order valence-corrected chi connectivity index (χ1v) is 6.94. The molecule has 1 heterocycles. The highest BCUT2D eigenvalue weighted by atomic mass is 32.1. The maximum absolute atomic E-state index is 3.40. The summed E-state index contributed by atoms with van der Waals surface area (Å²) >= 11 is 1.94. The first-order chi connectivity index (χ1) is 7.37. The van der Waals surface area contributed by atoms with Gasteiger partial charge in [0.25, 0.3) is 0 Å². The molecule has 0 aliphatic heterocycles. The van der Waals surface area contributed by atoms with Gasteiger partial charge >= 0.3 is 0 Å². The molecule has 1 N–H and O–H groups in total. The average molecular weight is 223 g/mol. The van der Waals surface area contributed by atoms with Crippen molar-refractivity contribution in [1.82, 2.24) is 5.32 Å². The lowest BCUT2D eigenvalue weighted by atomic mass is 9.79. The number of hydrogen-bond donors (Lipinski definition) is 1. The molecule has 2 heteroatoms. The molecular weight excluding hydrogens is 202 g/mol. The SMILES string of the molecule is CNCC1(c2cccs2)CCCCCC1.